The van der Waals surface area contributed by atoms with Crippen LogP contribution >= 0.6 is 0 Å². The fourth-order valence-electron chi connectivity index (χ4n) is 2.46. The van der Waals surface area contributed by atoms with Crippen molar-refractivity contribution in [2.75, 3.05) is 13.7 Å². The number of hydrogen-bond donors (Lipinski definition) is 2. The van der Waals surface area contributed by atoms with Crippen molar-refractivity contribution in [3.8, 4) is 0 Å². The predicted molar refractivity (Wildman–Crippen MR) is 76.8 cm³/mol. The van der Waals surface area contributed by atoms with Crippen LogP contribution in [0, 0.1) is 0 Å². The molecule has 0 saturated heterocycles. The summed E-state index contributed by atoms with van der Waals surface area (Å²) < 4.78 is 0. The third-order valence-electron chi connectivity index (χ3n) is 4.01. The van der Waals surface area contributed by atoms with Crippen LogP contribution in [0.2, 0.25) is 0 Å². The van der Waals surface area contributed by atoms with Gasteiger partial charge in [0.05, 0.1) is 12.6 Å². The number of rotatable bonds is 3. The van der Waals surface area contributed by atoms with Crippen LogP contribution < -0.4 is 0 Å². The lowest BCUT2D eigenvalue weighted by Crippen LogP contribution is -2.54. The molecule has 114 valence electrons. The van der Waals surface area contributed by atoms with Gasteiger partial charge in [0.2, 0.25) is 0 Å². The van der Waals surface area contributed by atoms with E-state index < -0.39 is 12.0 Å². The number of carbonyl (C=O) groups is 2. The SMILES string of the molecule is CC(CO)N(C)C(=O)N1Cc2ccccc2C[C@@H]1C(=O)O. The number of carboxylic acid groups (broad SMARTS) is 1. The van der Waals surface area contributed by atoms with Crippen molar-refractivity contribution >= 4 is 12.0 Å². The van der Waals surface area contributed by atoms with Crippen molar-refractivity contribution in [1.29, 1.82) is 0 Å². The Morgan fingerprint density at radius 1 is 1.38 bits per heavy atom. The van der Waals surface area contributed by atoms with E-state index in [0.29, 0.717) is 6.42 Å². The van der Waals surface area contributed by atoms with Gasteiger partial charge in [-0.05, 0) is 18.1 Å². The summed E-state index contributed by atoms with van der Waals surface area (Å²) in [4.78, 5) is 26.7. The highest BCUT2D eigenvalue weighted by atomic mass is 16.4. The molecule has 0 aromatic heterocycles. The molecule has 6 heteroatoms. The Labute approximate surface area is 123 Å². The Hall–Kier alpha value is -2.08. The van der Waals surface area contributed by atoms with Crippen LogP contribution in [-0.2, 0) is 17.8 Å². The highest BCUT2D eigenvalue weighted by Gasteiger charge is 2.36. The molecule has 0 fully saturated rings. The molecule has 1 aliphatic heterocycles. The number of amides is 2. The smallest absolute Gasteiger partial charge is 0.326 e. The molecule has 2 amide bonds. The molecule has 0 bridgehead atoms. The summed E-state index contributed by atoms with van der Waals surface area (Å²) in [5, 5.41) is 18.6. The lowest BCUT2D eigenvalue weighted by molar-refractivity contribution is -0.142. The van der Waals surface area contributed by atoms with Crippen molar-refractivity contribution in [1.82, 2.24) is 9.80 Å². The molecule has 1 unspecified atom stereocenters. The molecule has 1 heterocycles. The molecular formula is C15H20N2O4. The van der Waals surface area contributed by atoms with E-state index in [2.05, 4.69) is 0 Å². The molecular weight excluding hydrogens is 272 g/mol. The molecule has 0 spiro atoms. The minimum atomic E-state index is -1.01. The van der Waals surface area contributed by atoms with Gasteiger partial charge in [-0.3, -0.25) is 0 Å². The minimum absolute atomic E-state index is 0.162. The monoisotopic (exact) mass is 292 g/mol. The fourth-order valence-corrected chi connectivity index (χ4v) is 2.46. The zero-order valence-corrected chi connectivity index (χ0v) is 12.2. The number of urea groups is 1. The van der Waals surface area contributed by atoms with Gasteiger partial charge in [0.1, 0.15) is 6.04 Å². The van der Waals surface area contributed by atoms with Crippen LogP contribution in [-0.4, -0.2) is 57.8 Å². The minimum Gasteiger partial charge on any atom is -0.480 e. The number of aliphatic carboxylic acids is 1. The molecule has 0 radical (unpaired) electrons. The van der Waals surface area contributed by atoms with Gasteiger partial charge in [0.15, 0.2) is 0 Å². The molecule has 0 saturated carbocycles. The summed E-state index contributed by atoms with van der Waals surface area (Å²) in [6.07, 6.45) is 0.304. The average Bonchev–Trinajstić information content (AvgIpc) is 2.51. The van der Waals surface area contributed by atoms with Crippen molar-refractivity contribution in [3.63, 3.8) is 0 Å². The van der Waals surface area contributed by atoms with Crippen LogP contribution in [0.25, 0.3) is 0 Å². The topological polar surface area (TPSA) is 81.1 Å². The van der Waals surface area contributed by atoms with Crippen LogP contribution in [0.3, 0.4) is 0 Å². The van der Waals surface area contributed by atoms with Gasteiger partial charge in [0.25, 0.3) is 0 Å². The number of hydrogen-bond acceptors (Lipinski definition) is 3. The molecule has 1 aromatic carbocycles. The summed E-state index contributed by atoms with van der Waals surface area (Å²) in [5.41, 5.74) is 1.93. The molecule has 0 aliphatic carbocycles. The van der Waals surface area contributed by atoms with Gasteiger partial charge in [-0.25, -0.2) is 9.59 Å². The van der Waals surface area contributed by atoms with E-state index in [1.807, 2.05) is 24.3 Å². The summed E-state index contributed by atoms with van der Waals surface area (Å²) in [7, 11) is 1.57. The summed E-state index contributed by atoms with van der Waals surface area (Å²) >= 11 is 0. The van der Waals surface area contributed by atoms with Gasteiger partial charge in [-0.15, -0.1) is 0 Å². The highest BCUT2D eigenvalue weighted by Crippen LogP contribution is 2.24. The second-order valence-corrected chi connectivity index (χ2v) is 5.38. The van der Waals surface area contributed by atoms with Crippen molar-refractivity contribution in [2.24, 2.45) is 0 Å². The zero-order valence-electron chi connectivity index (χ0n) is 12.2. The first kappa shape index (κ1) is 15.3. The van der Waals surface area contributed by atoms with Gasteiger partial charge in [-0.2, -0.15) is 0 Å². The van der Waals surface area contributed by atoms with Crippen LogP contribution in [0.5, 0.6) is 0 Å². The lowest BCUT2D eigenvalue weighted by Gasteiger charge is -2.38. The molecule has 1 aromatic rings. The second kappa shape index (κ2) is 6.13. The van der Waals surface area contributed by atoms with Crippen molar-refractivity contribution in [2.45, 2.75) is 32.0 Å². The van der Waals surface area contributed by atoms with Gasteiger partial charge < -0.3 is 20.0 Å². The van der Waals surface area contributed by atoms with Crippen LogP contribution in [0.15, 0.2) is 24.3 Å². The van der Waals surface area contributed by atoms with E-state index in [1.165, 1.54) is 9.80 Å². The van der Waals surface area contributed by atoms with E-state index in [1.54, 1.807) is 14.0 Å². The average molecular weight is 292 g/mol. The van der Waals surface area contributed by atoms with E-state index >= 15 is 0 Å². The standard InChI is InChI=1S/C15H20N2O4/c1-10(9-18)16(2)15(21)17-8-12-6-4-3-5-11(12)7-13(17)14(19)20/h3-6,10,13,18H,7-9H2,1-2H3,(H,19,20)/t10?,13-/m1/s1. The van der Waals surface area contributed by atoms with E-state index in [0.717, 1.165) is 11.1 Å². The Bertz CT molecular complexity index is 546. The van der Waals surface area contributed by atoms with Gasteiger partial charge >= 0.3 is 12.0 Å². The number of likely N-dealkylation sites (N-methyl/N-ethyl adjacent to an activating group) is 1. The Morgan fingerprint density at radius 2 is 2.00 bits per heavy atom. The number of aliphatic hydroxyl groups is 1. The van der Waals surface area contributed by atoms with E-state index in [9.17, 15) is 14.7 Å². The normalized spacial score (nSPS) is 18.8. The summed E-state index contributed by atoms with van der Waals surface area (Å²) in [5.74, 6) is -1.01. The molecule has 21 heavy (non-hydrogen) atoms. The van der Waals surface area contributed by atoms with Gasteiger partial charge in [-0.1, -0.05) is 24.3 Å². The van der Waals surface area contributed by atoms with Crippen LogP contribution in [0.1, 0.15) is 18.1 Å². The number of nitrogens with zero attached hydrogens (tertiary/aromatic N) is 2. The molecule has 2 atom stereocenters. The van der Waals surface area contributed by atoms with E-state index in [4.69, 9.17) is 5.11 Å². The maximum atomic E-state index is 12.5. The largest absolute Gasteiger partial charge is 0.480 e. The van der Waals surface area contributed by atoms with Crippen molar-refractivity contribution in [3.05, 3.63) is 35.4 Å². The quantitative estimate of drug-likeness (QED) is 0.868. The molecule has 6 nitrogen and oxygen atoms in total. The third kappa shape index (κ3) is 3.00. The predicted octanol–water partition coefficient (Wildman–Crippen LogP) is 0.931. The molecule has 1 aliphatic rings. The molecule has 2 rings (SSSR count). The highest BCUT2D eigenvalue weighted by molar-refractivity contribution is 5.83. The first-order valence-electron chi connectivity index (χ1n) is 6.89. The second-order valence-electron chi connectivity index (χ2n) is 5.38. The first-order valence-corrected chi connectivity index (χ1v) is 6.89. The fraction of sp³-hybridized carbons (Fsp3) is 0.467. The number of benzene rings is 1. The van der Waals surface area contributed by atoms with Gasteiger partial charge in [0, 0.05) is 20.0 Å². The Morgan fingerprint density at radius 3 is 2.57 bits per heavy atom. The zero-order chi connectivity index (χ0) is 15.6. The lowest BCUT2D eigenvalue weighted by atomic mass is 9.94. The number of carboxylic acids is 1. The Kier molecular flexibility index (Phi) is 4.47. The summed E-state index contributed by atoms with van der Waals surface area (Å²) in [6.45, 7) is 1.82. The Balaban J connectivity index is 2.28. The van der Waals surface area contributed by atoms with Crippen LogP contribution in [0.4, 0.5) is 4.79 Å². The molecule has 2 N–H and O–H groups in total. The van der Waals surface area contributed by atoms with E-state index in [-0.39, 0.29) is 25.2 Å². The maximum absolute atomic E-state index is 12.5. The third-order valence-corrected chi connectivity index (χ3v) is 4.01. The summed E-state index contributed by atoms with van der Waals surface area (Å²) in [6, 6.07) is 5.94. The number of carbonyl (C=O) groups excluding carboxylic acids is 1. The number of aliphatic hydroxyl groups excluding tert-OH is 1. The maximum Gasteiger partial charge on any atom is 0.326 e. The van der Waals surface area contributed by atoms with Crippen molar-refractivity contribution < 1.29 is 19.8 Å². The number of fused-ring (bicyclic) bond motifs is 1. The first-order chi connectivity index (χ1) is 9.95.